The highest BCUT2D eigenvalue weighted by Gasteiger charge is 2.32. The molecule has 1 aliphatic carbocycles. The molecule has 1 amide bonds. The Bertz CT molecular complexity index is 428. The van der Waals surface area contributed by atoms with Crippen LogP contribution in [0.1, 0.15) is 43.0 Å². The number of aliphatic hydroxyl groups is 1. The summed E-state index contributed by atoms with van der Waals surface area (Å²) in [6.07, 6.45) is 4.55. The molecule has 1 saturated carbocycles. The molecule has 3 rings (SSSR count). The van der Waals surface area contributed by atoms with Gasteiger partial charge in [0.15, 0.2) is 0 Å². The molecule has 2 aliphatic rings. The number of aliphatic hydroxyl groups excluding tert-OH is 1. The lowest BCUT2D eigenvalue weighted by Gasteiger charge is -2.10. The lowest BCUT2D eigenvalue weighted by Crippen LogP contribution is -2.24. The first-order chi connectivity index (χ1) is 8.24. The number of carbonyl (C=O) groups excluding carboxylic acids is 1. The third-order valence-corrected chi connectivity index (χ3v) is 4.58. The lowest BCUT2D eigenvalue weighted by atomic mass is 10.1. The maximum atomic E-state index is 11.6. The number of β-amino-alcohol motifs (C(OH)–C–C–N with tert-alkyl or cyclic N) is 1. The highest BCUT2D eigenvalue weighted by molar-refractivity contribution is 7.15. The fourth-order valence-electron chi connectivity index (χ4n) is 2.55. The Morgan fingerprint density at radius 3 is 2.71 bits per heavy atom. The van der Waals surface area contributed by atoms with Crippen molar-refractivity contribution in [3.63, 3.8) is 0 Å². The summed E-state index contributed by atoms with van der Waals surface area (Å²) in [5.41, 5.74) is 0. The minimum Gasteiger partial charge on any atom is -0.391 e. The minimum atomic E-state index is -0.554. The van der Waals surface area contributed by atoms with Gasteiger partial charge in [-0.15, -0.1) is 10.2 Å². The Morgan fingerprint density at radius 1 is 1.29 bits per heavy atom. The van der Waals surface area contributed by atoms with Gasteiger partial charge in [0, 0.05) is 5.92 Å². The summed E-state index contributed by atoms with van der Waals surface area (Å²) >= 11 is 1.50. The van der Waals surface area contributed by atoms with E-state index in [1.165, 1.54) is 37.0 Å². The molecule has 1 atom stereocenters. The van der Waals surface area contributed by atoms with Crippen molar-refractivity contribution in [2.45, 2.75) is 44.1 Å². The standard InChI is InChI=1S/C11H15N3O2S/c15-8-5-9(16)14(6-8)11-13-12-10(17-11)7-3-1-2-4-7/h7-8,15H,1-6H2. The van der Waals surface area contributed by atoms with E-state index in [0.29, 0.717) is 17.6 Å². The van der Waals surface area contributed by atoms with E-state index in [9.17, 15) is 9.90 Å². The highest BCUT2D eigenvalue weighted by Crippen LogP contribution is 2.37. The zero-order valence-electron chi connectivity index (χ0n) is 9.50. The first kappa shape index (κ1) is 11.1. The van der Waals surface area contributed by atoms with Crippen LogP contribution in [0.15, 0.2) is 0 Å². The van der Waals surface area contributed by atoms with Gasteiger partial charge in [-0.2, -0.15) is 0 Å². The van der Waals surface area contributed by atoms with E-state index in [1.807, 2.05) is 0 Å². The largest absolute Gasteiger partial charge is 0.391 e. The Kier molecular flexibility index (Phi) is 2.84. The van der Waals surface area contributed by atoms with Crippen molar-refractivity contribution >= 4 is 22.4 Å². The van der Waals surface area contributed by atoms with Crippen LogP contribution in [0.5, 0.6) is 0 Å². The molecule has 1 saturated heterocycles. The van der Waals surface area contributed by atoms with Gasteiger partial charge in [0.2, 0.25) is 11.0 Å². The molecule has 0 aromatic carbocycles. The van der Waals surface area contributed by atoms with Crippen molar-refractivity contribution in [3.8, 4) is 0 Å². The third kappa shape index (κ3) is 2.07. The number of nitrogens with zero attached hydrogens (tertiary/aromatic N) is 3. The van der Waals surface area contributed by atoms with Crippen molar-refractivity contribution in [1.29, 1.82) is 0 Å². The third-order valence-electron chi connectivity index (χ3n) is 3.47. The van der Waals surface area contributed by atoms with Crippen LogP contribution in [-0.2, 0) is 4.79 Å². The Balaban J connectivity index is 1.78. The monoisotopic (exact) mass is 253 g/mol. The first-order valence-electron chi connectivity index (χ1n) is 6.06. The van der Waals surface area contributed by atoms with E-state index in [4.69, 9.17) is 0 Å². The predicted molar refractivity (Wildman–Crippen MR) is 64.1 cm³/mol. The molecule has 92 valence electrons. The SMILES string of the molecule is O=C1CC(O)CN1c1nnc(C2CCCC2)s1. The smallest absolute Gasteiger partial charge is 0.231 e. The van der Waals surface area contributed by atoms with E-state index in [-0.39, 0.29) is 12.3 Å². The number of hydrogen-bond acceptors (Lipinski definition) is 5. The highest BCUT2D eigenvalue weighted by atomic mass is 32.1. The van der Waals surface area contributed by atoms with Crippen LogP contribution in [0.25, 0.3) is 0 Å². The van der Waals surface area contributed by atoms with Gasteiger partial charge < -0.3 is 5.11 Å². The zero-order valence-corrected chi connectivity index (χ0v) is 10.3. The topological polar surface area (TPSA) is 66.3 Å². The quantitative estimate of drug-likeness (QED) is 0.862. The molecular formula is C11H15N3O2S. The van der Waals surface area contributed by atoms with Gasteiger partial charge >= 0.3 is 0 Å². The molecule has 1 N–H and O–H groups in total. The van der Waals surface area contributed by atoms with Crippen molar-refractivity contribution < 1.29 is 9.90 Å². The molecule has 6 heteroatoms. The molecule has 2 heterocycles. The summed E-state index contributed by atoms with van der Waals surface area (Å²) in [4.78, 5) is 13.2. The van der Waals surface area contributed by atoms with E-state index in [0.717, 1.165) is 5.01 Å². The van der Waals surface area contributed by atoms with Crippen LogP contribution in [0, 0.1) is 0 Å². The molecule has 0 radical (unpaired) electrons. The summed E-state index contributed by atoms with van der Waals surface area (Å²) in [6.45, 7) is 0.359. The predicted octanol–water partition coefficient (Wildman–Crippen LogP) is 1.29. The van der Waals surface area contributed by atoms with Crippen LogP contribution in [0.2, 0.25) is 0 Å². The number of aromatic nitrogens is 2. The molecule has 0 spiro atoms. The molecule has 0 bridgehead atoms. The summed E-state index contributed by atoms with van der Waals surface area (Å²) in [5.74, 6) is 0.482. The summed E-state index contributed by atoms with van der Waals surface area (Å²) in [7, 11) is 0. The van der Waals surface area contributed by atoms with Gasteiger partial charge in [-0.05, 0) is 12.8 Å². The van der Waals surface area contributed by atoms with Crippen LogP contribution in [0.4, 0.5) is 5.13 Å². The molecule has 1 aliphatic heterocycles. The van der Waals surface area contributed by atoms with Gasteiger partial charge in [0.05, 0.1) is 19.1 Å². The summed E-state index contributed by atoms with van der Waals surface area (Å²) < 4.78 is 0. The van der Waals surface area contributed by atoms with Crippen molar-refractivity contribution in [2.75, 3.05) is 11.4 Å². The second-order valence-electron chi connectivity index (χ2n) is 4.77. The number of amides is 1. The van der Waals surface area contributed by atoms with Gasteiger partial charge in [-0.1, -0.05) is 24.2 Å². The molecule has 17 heavy (non-hydrogen) atoms. The second kappa shape index (κ2) is 4.34. The molecule has 1 unspecified atom stereocenters. The number of hydrogen-bond donors (Lipinski definition) is 1. The maximum Gasteiger partial charge on any atom is 0.231 e. The average molecular weight is 253 g/mol. The van der Waals surface area contributed by atoms with Crippen LogP contribution in [0.3, 0.4) is 0 Å². The van der Waals surface area contributed by atoms with E-state index in [2.05, 4.69) is 10.2 Å². The van der Waals surface area contributed by atoms with Crippen molar-refractivity contribution in [3.05, 3.63) is 5.01 Å². The van der Waals surface area contributed by atoms with Gasteiger partial charge in [-0.3, -0.25) is 9.69 Å². The zero-order chi connectivity index (χ0) is 11.8. The van der Waals surface area contributed by atoms with E-state index < -0.39 is 6.10 Å². The number of anilines is 1. The fourth-order valence-corrected chi connectivity index (χ4v) is 3.59. The van der Waals surface area contributed by atoms with Gasteiger partial charge in [0.1, 0.15) is 5.01 Å². The normalized spacial score (nSPS) is 26.1. The molecule has 1 aromatic rings. The molecule has 5 nitrogen and oxygen atoms in total. The van der Waals surface area contributed by atoms with Crippen LogP contribution in [-0.4, -0.2) is 33.9 Å². The maximum absolute atomic E-state index is 11.6. The Labute approximate surface area is 103 Å². The minimum absolute atomic E-state index is 0.0494. The number of carbonyl (C=O) groups is 1. The van der Waals surface area contributed by atoms with Gasteiger partial charge in [-0.25, -0.2) is 0 Å². The Hall–Kier alpha value is -1.01. The molecule has 1 aromatic heterocycles. The first-order valence-corrected chi connectivity index (χ1v) is 6.87. The molecular weight excluding hydrogens is 238 g/mol. The fraction of sp³-hybridized carbons (Fsp3) is 0.727. The van der Waals surface area contributed by atoms with E-state index >= 15 is 0 Å². The summed E-state index contributed by atoms with van der Waals surface area (Å²) in [5, 5.41) is 19.4. The van der Waals surface area contributed by atoms with Crippen LogP contribution >= 0.6 is 11.3 Å². The van der Waals surface area contributed by atoms with E-state index in [1.54, 1.807) is 4.90 Å². The lowest BCUT2D eigenvalue weighted by molar-refractivity contribution is -0.117. The van der Waals surface area contributed by atoms with Crippen LogP contribution < -0.4 is 4.90 Å². The second-order valence-corrected chi connectivity index (χ2v) is 5.75. The molecule has 2 fully saturated rings. The van der Waals surface area contributed by atoms with Gasteiger partial charge in [0.25, 0.3) is 0 Å². The Morgan fingerprint density at radius 2 is 2.06 bits per heavy atom. The average Bonchev–Trinajstić information content (AvgIpc) is 2.97. The summed E-state index contributed by atoms with van der Waals surface area (Å²) in [6, 6.07) is 0. The van der Waals surface area contributed by atoms with Crippen molar-refractivity contribution in [1.82, 2.24) is 10.2 Å². The van der Waals surface area contributed by atoms with Crippen molar-refractivity contribution in [2.24, 2.45) is 0 Å². The number of rotatable bonds is 2.